The highest BCUT2D eigenvalue weighted by Gasteiger charge is 2.21. The first-order chi connectivity index (χ1) is 9.96. The maximum atomic E-state index is 11.7. The first-order valence-electron chi connectivity index (χ1n) is 7.15. The molecule has 0 aliphatic carbocycles. The molecule has 116 valence electrons. The smallest absolute Gasteiger partial charge is 0.341 e. The Labute approximate surface area is 126 Å². The van der Waals surface area contributed by atoms with Crippen LogP contribution in [0.2, 0.25) is 0 Å². The highest BCUT2D eigenvalue weighted by atomic mass is 16.5. The number of rotatable bonds is 7. The number of carbonyl (C=O) groups excluding carboxylic acids is 1. The van der Waals surface area contributed by atoms with Crippen molar-refractivity contribution >= 4 is 5.97 Å². The Morgan fingerprint density at radius 2 is 2.14 bits per heavy atom. The molecule has 0 radical (unpaired) electrons. The van der Waals surface area contributed by atoms with Crippen LogP contribution in [0.15, 0.2) is 18.7 Å². The molecule has 1 atom stereocenters. The molecule has 0 heterocycles. The zero-order valence-electron chi connectivity index (χ0n) is 13.2. The molecule has 0 spiro atoms. The van der Waals surface area contributed by atoms with Gasteiger partial charge in [0.15, 0.2) is 0 Å². The molecule has 1 unspecified atom stereocenters. The lowest BCUT2D eigenvalue weighted by Crippen LogP contribution is -2.16. The Kier molecular flexibility index (Phi) is 6.28. The van der Waals surface area contributed by atoms with E-state index < -0.39 is 5.97 Å². The number of phenolic OH excluding ortho intramolecular Hbond substituents is 1. The average molecular weight is 292 g/mol. The van der Waals surface area contributed by atoms with Gasteiger partial charge in [0.25, 0.3) is 0 Å². The number of carbonyl (C=O) groups is 1. The Morgan fingerprint density at radius 1 is 1.48 bits per heavy atom. The lowest BCUT2D eigenvalue weighted by Gasteiger charge is -2.20. The number of ether oxygens (including phenoxy) is 2. The second-order valence-electron chi connectivity index (χ2n) is 5.08. The molecule has 0 aromatic heterocycles. The highest BCUT2D eigenvalue weighted by Crippen LogP contribution is 2.35. The third-order valence-electron chi connectivity index (χ3n) is 3.43. The molecule has 0 amide bonds. The Bertz CT molecular complexity index is 520. The zero-order chi connectivity index (χ0) is 16.0. The molecule has 1 N–H and O–H groups in total. The summed E-state index contributed by atoms with van der Waals surface area (Å²) in [7, 11) is 1.29. The zero-order valence-corrected chi connectivity index (χ0v) is 13.2. The van der Waals surface area contributed by atoms with E-state index in [2.05, 4.69) is 13.5 Å². The number of hydrogen-bond acceptors (Lipinski definition) is 4. The van der Waals surface area contributed by atoms with E-state index in [1.807, 2.05) is 6.08 Å². The van der Waals surface area contributed by atoms with Gasteiger partial charge < -0.3 is 14.6 Å². The summed E-state index contributed by atoms with van der Waals surface area (Å²) in [5.74, 6) is -0.0282. The van der Waals surface area contributed by atoms with Crippen LogP contribution in [0, 0.1) is 13.8 Å². The molecular formula is C17H24O4. The lowest BCUT2D eigenvalue weighted by atomic mass is 10.0. The molecule has 0 aliphatic heterocycles. The number of benzene rings is 1. The minimum Gasteiger partial charge on any atom is -0.507 e. The van der Waals surface area contributed by atoms with Crippen molar-refractivity contribution in [3.05, 3.63) is 35.4 Å². The van der Waals surface area contributed by atoms with Gasteiger partial charge in [0.1, 0.15) is 23.2 Å². The molecule has 0 aliphatic rings. The van der Waals surface area contributed by atoms with Gasteiger partial charge in [0.2, 0.25) is 0 Å². The second kappa shape index (κ2) is 7.72. The Morgan fingerprint density at radius 3 is 2.67 bits per heavy atom. The van der Waals surface area contributed by atoms with Crippen molar-refractivity contribution in [2.75, 3.05) is 7.11 Å². The number of phenols is 1. The molecule has 1 aromatic rings. The first-order valence-corrected chi connectivity index (χ1v) is 7.15. The molecule has 4 heteroatoms. The van der Waals surface area contributed by atoms with Crippen LogP contribution in [-0.4, -0.2) is 24.3 Å². The molecule has 0 fully saturated rings. The van der Waals surface area contributed by atoms with E-state index in [4.69, 9.17) is 9.47 Å². The van der Waals surface area contributed by atoms with Gasteiger partial charge in [-0.25, -0.2) is 4.79 Å². The number of aromatic hydroxyl groups is 1. The SMILES string of the molecule is C=CCC(CCC)Oc1cc(C)c(C(=O)OC)c(O)c1C. The molecule has 0 saturated heterocycles. The molecule has 4 nitrogen and oxygen atoms in total. The normalized spacial score (nSPS) is 11.8. The van der Waals surface area contributed by atoms with Crippen LogP contribution in [0.25, 0.3) is 0 Å². The van der Waals surface area contributed by atoms with Gasteiger partial charge in [-0.3, -0.25) is 0 Å². The van der Waals surface area contributed by atoms with E-state index in [9.17, 15) is 9.90 Å². The number of aryl methyl sites for hydroxylation is 1. The maximum absolute atomic E-state index is 11.7. The van der Waals surface area contributed by atoms with Crippen molar-refractivity contribution in [1.29, 1.82) is 0 Å². The number of hydrogen-bond donors (Lipinski definition) is 1. The minimum absolute atomic E-state index is 0.0222. The van der Waals surface area contributed by atoms with E-state index in [-0.39, 0.29) is 17.4 Å². The van der Waals surface area contributed by atoms with Gasteiger partial charge >= 0.3 is 5.97 Å². The van der Waals surface area contributed by atoms with E-state index in [0.29, 0.717) is 16.9 Å². The molecule has 0 bridgehead atoms. The van der Waals surface area contributed by atoms with Crippen LogP contribution in [-0.2, 0) is 4.74 Å². The summed E-state index contributed by atoms with van der Waals surface area (Å²) in [6.07, 6.45) is 4.50. The van der Waals surface area contributed by atoms with Crippen molar-refractivity contribution in [2.24, 2.45) is 0 Å². The summed E-state index contributed by atoms with van der Waals surface area (Å²) in [6, 6.07) is 1.77. The van der Waals surface area contributed by atoms with Gasteiger partial charge in [-0.05, 0) is 31.9 Å². The first kappa shape index (κ1) is 17.1. The van der Waals surface area contributed by atoms with Gasteiger partial charge in [-0.15, -0.1) is 6.58 Å². The second-order valence-corrected chi connectivity index (χ2v) is 5.08. The fourth-order valence-corrected chi connectivity index (χ4v) is 2.26. The third-order valence-corrected chi connectivity index (χ3v) is 3.43. The quantitative estimate of drug-likeness (QED) is 0.611. The van der Waals surface area contributed by atoms with Crippen molar-refractivity contribution < 1.29 is 19.4 Å². The summed E-state index contributed by atoms with van der Waals surface area (Å²) in [5.41, 5.74) is 1.37. The fourth-order valence-electron chi connectivity index (χ4n) is 2.26. The monoisotopic (exact) mass is 292 g/mol. The highest BCUT2D eigenvalue weighted by molar-refractivity contribution is 5.95. The Balaban J connectivity index is 3.15. The standard InChI is InChI=1S/C17H24O4/c1-6-8-13(9-7-2)21-14-10-11(3)15(17(19)20-5)16(18)12(14)4/h6,10,13,18H,1,7-9H2,2-5H3. The Hall–Kier alpha value is -1.97. The largest absolute Gasteiger partial charge is 0.507 e. The summed E-state index contributed by atoms with van der Waals surface area (Å²) in [4.78, 5) is 11.7. The lowest BCUT2D eigenvalue weighted by molar-refractivity contribution is 0.0596. The van der Waals surface area contributed by atoms with E-state index in [0.717, 1.165) is 19.3 Å². The fraction of sp³-hybridized carbons (Fsp3) is 0.471. The van der Waals surface area contributed by atoms with Crippen molar-refractivity contribution in [3.63, 3.8) is 0 Å². The number of methoxy groups -OCH3 is 1. The average Bonchev–Trinajstić information content (AvgIpc) is 2.44. The third kappa shape index (κ3) is 4.00. The molecule has 21 heavy (non-hydrogen) atoms. The molecule has 1 aromatic carbocycles. The summed E-state index contributed by atoms with van der Waals surface area (Å²) >= 11 is 0. The van der Waals surface area contributed by atoms with Crippen molar-refractivity contribution in [1.82, 2.24) is 0 Å². The maximum Gasteiger partial charge on any atom is 0.341 e. The van der Waals surface area contributed by atoms with E-state index in [1.165, 1.54) is 7.11 Å². The summed E-state index contributed by atoms with van der Waals surface area (Å²) in [6.45, 7) is 9.31. The van der Waals surface area contributed by atoms with Crippen molar-refractivity contribution in [2.45, 2.75) is 46.1 Å². The van der Waals surface area contributed by atoms with Gasteiger partial charge in [0, 0.05) is 12.0 Å². The van der Waals surface area contributed by atoms with Crippen LogP contribution >= 0.6 is 0 Å². The molecule has 0 saturated carbocycles. The predicted octanol–water partition coefficient (Wildman–Crippen LogP) is 3.92. The van der Waals surface area contributed by atoms with Gasteiger partial charge in [-0.2, -0.15) is 0 Å². The van der Waals surface area contributed by atoms with Gasteiger partial charge in [0.05, 0.1) is 7.11 Å². The van der Waals surface area contributed by atoms with E-state index in [1.54, 1.807) is 19.9 Å². The summed E-state index contributed by atoms with van der Waals surface area (Å²) in [5, 5.41) is 10.2. The van der Waals surface area contributed by atoms with Crippen molar-refractivity contribution in [3.8, 4) is 11.5 Å². The van der Waals surface area contributed by atoms with Crippen LogP contribution in [0.1, 0.15) is 47.7 Å². The van der Waals surface area contributed by atoms with E-state index >= 15 is 0 Å². The van der Waals surface area contributed by atoms with Crippen LogP contribution in [0.5, 0.6) is 11.5 Å². The van der Waals surface area contributed by atoms with Crippen LogP contribution < -0.4 is 4.74 Å². The minimum atomic E-state index is -0.546. The summed E-state index contributed by atoms with van der Waals surface area (Å²) < 4.78 is 10.7. The molecular weight excluding hydrogens is 268 g/mol. The van der Waals surface area contributed by atoms with Gasteiger partial charge in [-0.1, -0.05) is 19.4 Å². The van der Waals surface area contributed by atoms with Crippen LogP contribution in [0.4, 0.5) is 0 Å². The van der Waals surface area contributed by atoms with Crippen LogP contribution in [0.3, 0.4) is 0 Å². The number of esters is 1. The topological polar surface area (TPSA) is 55.8 Å². The molecule has 1 rings (SSSR count). The predicted molar refractivity (Wildman–Crippen MR) is 83.1 cm³/mol.